The van der Waals surface area contributed by atoms with Gasteiger partial charge in [0, 0.05) is 44.2 Å². The third-order valence-electron chi connectivity index (χ3n) is 7.67. The molecule has 1 saturated heterocycles. The summed E-state index contributed by atoms with van der Waals surface area (Å²) in [5, 5.41) is 9.12. The summed E-state index contributed by atoms with van der Waals surface area (Å²) in [5.41, 5.74) is 4.46. The molecule has 4 aromatic rings. The van der Waals surface area contributed by atoms with Crippen LogP contribution in [0.25, 0.3) is 16.9 Å². The van der Waals surface area contributed by atoms with E-state index in [0.29, 0.717) is 37.7 Å². The molecular formula is C31H31N5O4S2. The van der Waals surface area contributed by atoms with Crippen LogP contribution < -0.4 is 9.64 Å². The summed E-state index contributed by atoms with van der Waals surface area (Å²) in [7, 11) is 1.62. The molecule has 0 spiro atoms. The minimum Gasteiger partial charge on any atom is -0.497 e. The molecule has 1 atom stereocenters. The molecule has 42 heavy (non-hydrogen) atoms. The molecule has 0 N–H and O–H groups in total. The molecule has 216 valence electrons. The molecule has 0 bridgehead atoms. The first-order valence-corrected chi connectivity index (χ1v) is 15.7. The Bertz CT molecular complexity index is 1580. The quantitative estimate of drug-likeness (QED) is 0.324. The van der Waals surface area contributed by atoms with E-state index >= 15 is 0 Å². The number of ether oxygens (including phenoxy) is 1. The van der Waals surface area contributed by atoms with Crippen LogP contribution >= 0.6 is 23.1 Å². The molecule has 2 aliphatic rings. The van der Waals surface area contributed by atoms with Crippen molar-refractivity contribution in [3.8, 4) is 22.7 Å². The van der Waals surface area contributed by atoms with Crippen molar-refractivity contribution in [3.05, 3.63) is 82.6 Å². The summed E-state index contributed by atoms with van der Waals surface area (Å²) in [6.45, 7) is 3.27. The normalized spacial score (nSPS) is 17.1. The smallest absolute Gasteiger partial charge is 0.242 e. The predicted molar refractivity (Wildman–Crippen MR) is 165 cm³/mol. The van der Waals surface area contributed by atoms with Gasteiger partial charge in [-0.05, 0) is 46.7 Å². The summed E-state index contributed by atoms with van der Waals surface area (Å²) < 4.78 is 7.18. The molecule has 0 radical (unpaired) electrons. The van der Waals surface area contributed by atoms with Gasteiger partial charge in [-0.1, -0.05) is 30.3 Å². The molecule has 6 rings (SSSR count). The van der Waals surface area contributed by atoms with Gasteiger partial charge in [-0.3, -0.25) is 19.3 Å². The number of thioether (sulfide) groups is 1. The number of piperazine rings is 1. The van der Waals surface area contributed by atoms with Crippen molar-refractivity contribution in [1.29, 1.82) is 0 Å². The number of aromatic nitrogens is 2. The molecule has 1 fully saturated rings. The van der Waals surface area contributed by atoms with Crippen LogP contribution in [0.5, 0.6) is 5.75 Å². The van der Waals surface area contributed by atoms with E-state index in [9.17, 15) is 14.4 Å². The lowest BCUT2D eigenvalue weighted by molar-refractivity contribution is -0.137. The zero-order valence-corrected chi connectivity index (χ0v) is 25.1. The SMILES string of the molecule is COc1ccc(-n2nc(-c3ccccc3)c3c2N(CC(=O)N2CCN(C(C)=O)CC2)C(=O)CS[C@@H]3c2ccsc2)cc1. The van der Waals surface area contributed by atoms with Crippen LogP contribution in [0.1, 0.15) is 23.3 Å². The minimum absolute atomic E-state index is 0.00256. The van der Waals surface area contributed by atoms with Gasteiger partial charge in [0.1, 0.15) is 18.1 Å². The second-order valence-electron chi connectivity index (χ2n) is 10.2. The van der Waals surface area contributed by atoms with Gasteiger partial charge in [0.15, 0.2) is 0 Å². The van der Waals surface area contributed by atoms with E-state index in [4.69, 9.17) is 9.84 Å². The first kappa shape index (κ1) is 28.0. The van der Waals surface area contributed by atoms with Gasteiger partial charge in [-0.15, -0.1) is 11.8 Å². The fourth-order valence-electron chi connectivity index (χ4n) is 5.43. The average Bonchev–Trinajstić information content (AvgIpc) is 3.67. The second-order valence-corrected chi connectivity index (χ2v) is 12.0. The van der Waals surface area contributed by atoms with E-state index in [1.165, 1.54) is 0 Å². The third kappa shape index (κ3) is 5.41. The Morgan fingerprint density at radius 2 is 1.69 bits per heavy atom. The number of fused-ring (bicyclic) bond motifs is 1. The van der Waals surface area contributed by atoms with E-state index in [-0.39, 0.29) is 35.3 Å². The van der Waals surface area contributed by atoms with E-state index in [1.807, 2.05) is 60.0 Å². The van der Waals surface area contributed by atoms with Gasteiger partial charge < -0.3 is 14.5 Å². The Kier molecular flexibility index (Phi) is 8.03. The van der Waals surface area contributed by atoms with E-state index in [1.54, 1.807) is 56.5 Å². The number of methoxy groups -OCH3 is 1. The largest absolute Gasteiger partial charge is 0.497 e. The number of nitrogens with zero attached hydrogens (tertiary/aromatic N) is 5. The van der Waals surface area contributed by atoms with Crippen LogP contribution in [0, 0.1) is 0 Å². The number of hydrogen-bond acceptors (Lipinski definition) is 7. The zero-order chi connectivity index (χ0) is 29.2. The summed E-state index contributed by atoms with van der Waals surface area (Å²) in [4.78, 5) is 44.5. The second kappa shape index (κ2) is 12.0. The number of rotatable bonds is 6. The summed E-state index contributed by atoms with van der Waals surface area (Å²) in [5.74, 6) is 1.23. The standard InChI is InChI=1S/C31H31N5O4S2/c1-21(37)33-13-15-34(16-14-33)26(38)18-35-27(39)20-42-30(23-12-17-41-19-23)28-29(22-6-4-3-5-7-22)32-36(31(28)35)24-8-10-25(40-2)11-9-24/h3-12,17,19,30H,13-16,18,20H2,1-2H3/t30-/m1/s1. The molecule has 0 aliphatic carbocycles. The lowest BCUT2D eigenvalue weighted by atomic mass is 10.0. The van der Waals surface area contributed by atoms with Gasteiger partial charge in [0.05, 0.1) is 29.5 Å². The Labute approximate surface area is 252 Å². The highest BCUT2D eigenvalue weighted by atomic mass is 32.2. The highest BCUT2D eigenvalue weighted by molar-refractivity contribution is 8.00. The number of anilines is 1. The highest BCUT2D eigenvalue weighted by Gasteiger charge is 2.38. The van der Waals surface area contributed by atoms with E-state index < -0.39 is 0 Å². The van der Waals surface area contributed by atoms with Crippen LogP contribution in [0.4, 0.5) is 5.82 Å². The van der Waals surface area contributed by atoms with E-state index in [2.05, 4.69) is 11.4 Å². The Balaban J connectivity index is 1.49. The number of hydrogen-bond donors (Lipinski definition) is 0. The van der Waals surface area contributed by atoms with Crippen molar-refractivity contribution < 1.29 is 19.1 Å². The van der Waals surface area contributed by atoms with Crippen molar-refractivity contribution in [2.24, 2.45) is 0 Å². The first-order chi connectivity index (χ1) is 20.4. The fraction of sp³-hybridized carbons (Fsp3) is 0.290. The molecule has 11 heteroatoms. The van der Waals surface area contributed by atoms with Crippen molar-refractivity contribution in [3.63, 3.8) is 0 Å². The summed E-state index contributed by atoms with van der Waals surface area (Å²) in [6.07, 6.45) is 0. The van der Waals surface area contributed by atoms with Crippen LogP contribution in [-0.2, 0) is 14.4 Å². The highest BCUT2D eigenvalue weighted by Crippen LogP contribution is 2.49. The minimum atomic E-state index is -0.156. The molecule has 0 saturated carbocycles. The lowest BCUT2D eigenvalue weighted by Gasteiger charge is -2.35. The van der Waals surface area contributed by atoms with Crippen molar-refractivity contribution in [2.75, 3.05) is 50.5 Å². The van der Waals surface area contributed by atoms with Crippen molar-refractivity contribution in [2.45, 2.75) is 12.2 Å². The third-order valence-corrected chi connectivity index (χ3v) is 9.63. The molecule has 2 aromatic carbocycles. The Morgan fingerprint density at radius 3 is 2.33 bits per heavy atom. The van der Waals surface area contributed by atoms with Gasteiger partial charge in [0.2, 0.25) is 17.7 Å². The Hall–Kier alpha value is -4.09. The summed E-state index contributed by atoms with van der Waals surface area (Å²) >= 11 is 3.17. The number of carbonyl (C=O) groups excluding carboxylic acids is 3. The topological polar surface area (TPSA) is 88.0 Å². The number of thiophene rings is 1. The molecule has 2 aliphatic heterocycles. The monoisotopic (exact) mass is 601 g/mol. The zero-order valence-electron chi connectivity index (χ0n) is 23.4. The first-order valence-electron chi connectivity index (χ1n) is 13.7. The Morgan fingerprint density at radius 1 is 0.976 bits per heavy atom. The van der Waals surface area contributed by atoms with Gasteiger partial charge in [-0.25, -0.2) is 4.68 Å². The van der Waals surface area contributed by atoms with Crippen LogP contribution in [-0.4, -0.2) is 82.9 Å². The van der Waals surface area contributed by atoms with Crippen LogP contribution in [0.3, 0.4) is 0 Å². The molecule has 3 amide bonds. The molecule has 9 nitrogen and oxygen atoms in total. The maximum absolute atomic E-state index is 13.9. The average molecular weight is 602 g/mol. The van der Waals surface area contributed by atoms with Crippen molar-refractivity contribution in [1.82, 2.24) is 19.6 Å². The lowest BCUT2D eigenvalue weighted by Crippen LogP contribution is -2.53. The predicted octanol–water partition coefficient (Wildman–Crippen LogP) is 4.47. The number of amides is 3. The fourth-order valence-corrected chi connectivity index (χ4v) is 7.39. The maximum Gasteiger partial charge on any atom is 0.242 e. The molecule has 0 unspecified atom stereocenters. The van der Waals surface area contributed by atoms with Gasteiger partial charge in [0.25, 0.3) is 0 Å². The van der Waals surface area contributed by atoms with Crippen LogP contribution in [0.15, 0.2) is 71.4 Å². The molecule has 2 aromatic heterocycles. The van der Waals surface area contributed by atoms with Crippen molar-refractivity contribution >= 4 is 46.6 Å². The maximum atomic E-state index is 13.9. The number of carbonyl (C=O) groups is 3. The van der Waals surface area contributed by atoms with Gasteiger partial charge >= 0.3 is 0 Å². The van der Waals surface area contributed by atoms with Crippen LogP contribution in [0.2, 0.25) is 0 Å². The number of benzene rings is 2. The van der Waals surface area contributed by atoms with Gasteiger partial charge in [-0.2, -0.15) is 16.4 Å². The molecule has 4 heterocycles. The molecular weight excluding hydrogens is 571 g/mol. The summed E-state index contributed by atoms with van der Waals surface area (Å²) in [6, 6.07) is 19.6. The van der Waals surface area contributed by atoms with E-state index in [0.717, 1.165) is 28.1 Å².